The molecule has 0 fully saturated rings. The van der Waals surface area contributed by atoms with Crippen molar-refractivity contribution < 1.29 is 4.74 Å². The molecule has 0 radical (unpaired) electrons. The Labute approximate surface area is 86.1 Å². The number of hydrogen-bond acceptors (Lipinski definition) is 2. The molecule has 0 aromatic heterocycles. The molecule has 1 aromatic rings. The van der Waals surface area contributed by atoms with E-state index in [1.54, 1.807) is 0 Å². The lowest BCUT2D eigenvalue weighted by Crippen LogP contribution is -2.31. The highest BCUT2D eigenvalue weighted by atomic mass is 16.5. The molecule has 0 amide bonds. The summed E-state index contributed by atoms with van der Waals surface area (Å²) >= 11 is 0. The van der Waals surface area contributed by atoms with E-state index in [1.165, 1.54) is 5.56 Å². The van der Waals surface area contributed by atoms with Crippen LogP contribution in [0.2, 0.25) is 0 Å². The van der Waals surface area contributed by atoms with Gasteiger partial charge in [-0.2, -0.15) is 0 Å². The van der Waals surface area contributed by atoms with Gasteiger partial charge in [-0.3, -0.25) is 0 Å². The first kappa shape index (κ1) is 11.2. The Bertz CT molecular complexity index is 248. The molecule has 0 aliphatic rings. The van der Waals surface area contributed by atoms with Crippen molar-refractivity contribution in [2.45, 2.75) is 25.8 Å². The third-order valence-corrected chi connectivity index (χ3v) is 2.48. The Morgan fingerprint density at radius 3 is 2.50 bits per heavy atom. The van der Waals surface area contributed by atoms with E-state index >= 15 is 0 Å². The first-order valence-corrected chi connectivity index (χ1v) is 5.14. The van der Waals surface area contributed by atoms with Gasteiger partial charge in [-0.05, 0) is 18.4 Å². The summed E-state index contributed by atoms with van der Waals surface area (Å²) in [5.74, 6) is 0.350. The molecular formula is C12H19NO. The monoisotopic (exact) mass is 193 g/mol. The van der Waals surface area contributed by atoms with E-state index in [-0.39, 0.29) is 6.04 Å². The van der Waals surface area contributed by atoms with Crippen molar-refractivity contribution in [1.82, 2.24) is 0 Å². The Kier molecular flexibility index (Phi) is 4.63. The fourth-order valence-corrected chi connectivity index (χ4v) is 1.40. The van der Waals surface area contributed by atoms with Crippen LogP contribution in [0.4, 0.5) is 0 Å². The second kappa shape index (κ2) is 5.78. The van der Waals surface area contributed by atoms with Gasteiger partial charge < -0.3 is 10.5 Å². The summed E-state index contributed by atoms with van der Waals surface area (Å²) in [7, 11) is 0. The van der Waals surface area contributed by atoms with E-state index in [1.807, 2.05) is 25.1 Å². The van der Waals surface area contributed by atoms with E-state index in [0.29, 0.717) is 12.5 Å². The summed E-state index contributed by atoms with van der Waals surface area (Å²) in [6.07, 6.45) is 0. The van der Waals surface area contributed by atoms with Crippen LogP contribution in [0.25, 0.3) is 0 Å². The van der Waals surface area contributed by atoms with Gasteiger partial charge in [0.1, 0.15) is 0 Å². The van der Waals surface area contributed by atoms with Crippen molar-refractivity contribution in [3.8, 4) is 0 Å². The van der Waals surface area contributed by atoms with Gasteiger partial charge in [-0.15, -0.1) is 0 Å². The Balaban J connectivity index is 2.52. The van der Waals surface area contributed by atoms with Crippen molar-refractivity contribution in [2.75, 3.05) is 13.2 Å². The van der Waals surface area contributed by atoms with E-state index in [4.69, 9.17) is 10.5 Å². The minimum Gasteiger partial charge on any atom is -0.380 e. The molecule has 0 bridgehead atoms. The Morgan fingerprint density at radius 1 is 1.29 bits per heavy atom. The second-order valence-electron chi connectivity index (χ2n) is 3.52. The van der Waals surface area contributed by atoms with Gasteiger partial charge in [-0.25, -0.2) is 0 Å². The van der Waals surface area contributed by atoms with Gasteiger partial charge in [0.2, 0.25) is 0 Å². The van der Waals surface area contributed by atoms with Gasteiger partial charge in [0.25, 0.3) is 0 Å². The van der Waals surface area contributed by atoms with Gasteiger partial charge in [0.05, 0.1) is 6.61 Å². The third-order valence-electron chi connectivity index (χ3n) is 2.48. The lowest BCUT2D eigenvalue weighted by Gasteiger charge is -2.19. The van der Waals surface area contributed by atoms with Crippen molar-refractivity contribution in [1.29, 1.82) is 0 Å². The molecule has 2 unspecified atom stereocenters. The average molecular weight is 193 g/mol. The molecule has 0 aliphatic heterocycles. The SMILES string of the molecule is CCOCC(N)C(C)c1ccccc1. The summed E-state index contributed by atoms with van der Waals surface area (Å²) in [6.45, 7) is 5.49. The predicted molar refractivity (Wildman–Crippen MR) is 59.3 cm³/mol. The molecule has 0 saturated heterocycles. The van der Waals surface area contributed by atoms with Crippen LogP contribution in [-0.4, -0.2) is 19.3 Å². The van der Waals surface area contributed by atoms with Crippen LogP contribution in [0.5, 0.6) is 0 Å². The summed E-state index contributed by atoms with van der Waals surface area (Å²) < 4.78 is 5.31. The molecule has 0 saturated carbocycles. The molecule has 0 aliphatic carbocycles. The summed E-state index contributed by atoms with van der Waals surface area (Å²) in [6, 6.07) is 10.4. The molecule has 0 spiro atoms. The molecule has 2 heteroatoms. The fraction of sp³-hybridized carbons (Fsp3) is 0.500. The topological polar surface area (TPSA) is 35.2 Å². The zero-order valence-electron chi connectivity index (χ0n) is 8.94. The van der Waals surface area contributed by atoms with Crippen molar-refractivity contribution in [2.24, 2.45) is 5.73 Å². The quantitative estimate of drug-likeness (QED) is 0.777. The highest BCUT2D eigenvalue weighted by molar-refractivity contribution is 5.20. The average Bonchev–Trinajstić information content (AvgIpc) is 2.26. The van der Waals surface area contributed by atoms with E-state index in [0.717, 1.165) is 6.61 Å². The van der Waals surface area contributed by atoms with E-state index < -0.39 is 0 Å². The molecule has 2 N–H and O–H groups in total. The van der Waals surface area contributed by atoms with E-state index in [2.05, 4.69) is 19.1 Å². The minimum absolute atomic E-state index is 0.0809. The number of ether oxygens (including phenoxy) is 1. The Morgan fingerprint density at radius 2 is 1.93 bits per heavy atom. The van der Waals surface area contributed by atoms with E-state index in [9.17, 15) is 0 Å². The van der Waals surface area contributed by atoms with Gasteiger partial charge in [0, 0.05) is 12.6 Å². The van der Waals surface area contributed by atoms with Crippen molar-refractivity contribution >= 4 is 0 Å². The Hall–Kier alpha value is -0.860. The number of hydrogen-bond donors (Lipinski definition) is 1. The highest BCUT2D eigenvalue weighted by Gasteiger charge is 2.13. The maximum absolute atomic E-state index is 6.01. The summed E-state index contributed by atoms with van der Waals surface area (Å²) in [5, 5.41) is 0. The van der Waals surface area contributed by atoms with Gasteiger partial charge >= 0.3 is 0 Å². The van der Waals surface area contributed by atoms with Crippen molar-refractivity contribution in [3.63, 3.8) is 0 Å². The molecule has 2 nitrogen and oxygen atoms in total. The summed E-state index contributed by atoms with van der Waals surface area (Å²) in [4.78, 5) is 0. The number of benzene rings is 1. The largest absolute Gasteiger partial charge is 0.380 e. The minimum atomic E-state index is 0.0809. The molecule has 2 atom stereocenters. The van der Waals surface area contributed by atoms with Crippen LogP contribution < -0.4 is 5.73 Å². The first-order valence-electron chi connectivity index (χ1n) is 5.14. The van der Waals surface area contributed by atoms with Crippen molar-refractivity contribution in [3.05, 3.63) is 35.9 Å². The summed E-state index contributed by atoms with van der Waals surface area (Å²) in [5.41, 5.74) is 7.29. The van der Waals surface area contributed by atoms with Crippen LogP contribution in [0.3, 0.4) is 0 Å². The molecule has 14 heavy (non-hydrogen) atoms. The lowest BCUT2D eigenvalue weighted by molar-refractivity contribution is 0.127. The fourth-order valence-electron chi connectivity index (χ4n) is 1.40. The molecule has 1 rings (SSSR count). The second-order valence-corrected chi connectivity index (χ2v) is 3.52. The predicted octanol–water partition coefficient (Wildman–Crippen LogP) is 2.15. The molecule has 1 aromatic carbocycles. The normalized spacial score (nSPS) is 15.1. The molecule has 0 heterocycles. The lowest BCUT2D eigenvalue weighted by atomic mass is 9.94. The van der Waals surface area contributed by atoms with Crippen LogP contribution in [0.15, 0.2) is 30.3 Å². The van der Waals surface area contributed by atoms with Gasteiger partial charge in [0.15, 0.2) is 0 Å². The molecule has 78 valence electrons. The smallest absolute Gasteiger partial charge is 0.0623 e. The first-order chi connectivity index (χ1) is 6.75. The zero-order valence-corrected chi connectivity index (χ0v) is 8.94. The van der Waals surface area contributed by atoms with Crippen LogP contribution in [0.1, 0.15) is 25.3 Å². The van der Waals surface area contributed by atoms with Crippen LogP contribution >= 0.6 is 0 Å². The maximum Gasteiger partial charge on any atom is 0.0623 e. The highest BCUT2D eigenvalue weighted by Crippen LogP contribution is 2.17. The third kappa shape index (κ3) is 3.13. The number of rotatable bonds is 5. The van der Waals surface area contributed by atoms with Gasteiger partial charge in [-0.1, -0.05) is 37.3 Å². The van der Waals surface area contributed by atoms with Crippen LogP contribution in [-0.2, 0) is 4.74 Å². The van der Waals surface area contributed by atoms with Crippen LogP contribution in [0, 0.1) is 0 Å². The maximum atomic E-state index is 6.01. The number of nitrogens with two attached hydrogens (primary N) is 1. The molecular weight excluding hydrogens is 174 g/mol. The standard InChI is InChI=1S/C12H19NO/c1-3-14-9-12(13)10(2)11-7-5-4-6-8-11/h4-8,10,12H,3,9,13H2,1-2H3. The zero-order chi connectivity index (χ0) is 10.4.